The topological polar surface area (TPSA) is 50.4 Å². The molecule has 1 amide bonds. The highest BCUT2D eigenvalue weighted by atomic mass is 35.5. The summed E-state index contributed by atoms with van der Waals surface area (Å²) in [4.78, 5) is 12.1. The van der Waals surface area contributed by atoms with Crippen LogP contribution in [0.3, 0.4) is 0 Å². The van der Waals surface area contributed by atoms with Gasteiger partial charge in [0.1, 0.15) is 6.04 Å². The van der Waals surface area contributed by atoms with Crippen LogP contribution in [0.5, 0.6) is 0 Å². The summed E-state index contributed by atoms with van der Waals surface area (Å²) in [6.07, 6.45) is 5.52. The summed E-state index contributed by atoms with van der Waals surface area (Å²) in [5.74, 6) is 2.67. The molecule has 3 fully saturated rings. The third-order valence-corrected chi connectivity index (χ3v) is 5.02. The van der Waals surface area contributed by atoms with E-state index < -0.39 is 0 Å². The van der Waals surface area contributed by atoms with Crippen molar-refractivity contribution < 1.29 is 9.53 Å². The molecule has 0 aromatic heterocycles. The molecule has 2 aliphatic carbocycles. The molecule has 2 saturated carbocycles. The first-order valence-electron chi connectivity index (χ1n) is 7.36. The van der Waals surface area contributed by atoms with Crippen LogP contribution in [0.1, 0.15) is 32.6 Å². The maximum atomic E-state index is 12.1. The number of nitrogens with one attached hydrogen (secondary N) is 2. The summed E-state index contributed by atoms with van der Waals surface area (Å²) >= 11 is 0. The van der Waals surface area contributed by atoms with E-state index in [1.54, 1.807) is 0 Å². The third kappa shape index (κ3) is 3.23. The van der Waals surface area contributed by atoms with Crippen LogP contribution in [-0.2, 0) is 9.53 Å². The molecule has 3 aliphatic rings. The second-order valence-electron chi connectivity index (χ2n) is 6.19. The fraction of sp³-hybridized carbons (Fsp3) is 0.929. The Balaban J connectivity index is 0.00000133. The number of carbonyl (C=O) groups is 1. The van der Waals surface area contributed by atoms with Crippen molar-refractivity contribution >= 4 is 18.3 Å². The van der Waals surface area contributed by atoms with Crippen molar-refractivity contribution in [2.75, 3.05) is 19.7 Å². The standard InChI is InChI=1S/C14H24N2O2.ClH/c1-9-13(15-4-5-18-9)14(17)16-8-12-7-10-2-3-11(12)6-10;/h9-13,15H,2-8H2,1H3,(H,16,17);1H/t9-,10?,11?,12?,13+;/m1./s1. The number of hydrogen-bond donors (Lipinski definition) is 2. The Labute approximate surface area is 121 Å². The molecule has 5 heteroatoms. The van der Waals surface area contributed by atoms with Crippen molar-refractivity contribution in [3.05, 3.63) is 0 Å². The predicted octanol–water partition coefficient (Wildman–Crippen LogP) is 1.34. The van der Waals surface area contributed by atoms with Crippen molar-refractivity contribution in [3.63, 3.8) is 0 Å². The fourth-order valence-electron chi connectivity index (χ4n) is 4.00. The average Bonchev–Trinajstić information content (AvgIpc) is 2.98. The van der Waals surface area contributed by atoms with Crippen LogP contribution in [0.4, 0.5) is 0 Å². The second-order valence-corrected chi connectivity index (χ2v) is 6.19. The maximum Gasteiger partial charge on any atom is 0.239 e. The van der Waals surface area contributed by atoms with Gasteiger partial charge in [-0.25, -0.2) is 0 Å². The first kappa shape index (κ1) is 15.1. The lowest BCUT2D eigenvalue weighted by Gasteiger charge is -2.30. The fourth-order valence-corrected chi connectivity index (χ4v) is 4.00. The van der Waals surface area contributed by atoms with E-state index in [0.29, 0.717) is 6.61 Å². The molecule has 3 rings (SSSR count). The molecular formula is C14H25ClN2O2. The van der Waals surface area contributed by atoms with Gasteiger partial charge < -0.3 is 15.4 Å². The van der Waals surface area contributed by atoms with E-state index in [1.807, 2.05) is 6.92 Å². The zero-order valence-electron chi connectivity index (χ0n) is 11.6. The quantitative estimate of drug-likeness (QED) is 0.824. The Bertz CT molecular complexity index is 327. The van der Waals surface area contributed by atoms with Crippen molar-refractivity contribution in [2.45, 2.75) is 44.8 Å². The summed E-state index contributed by atoms with van der Waals surface area (Å²) in [6.45, 7) is 4.31. The summed E-state index contributed by atoms with van der Waals surface area (Å²) in [6, 6.07) is -0.169. The predicted molar refractivity (Wildman–Crippen MR) is 76.4 cm³/mol. The van der Waals surface area contributed by atoms with E-state index in [9.17, 15) is 4.79 Å². The lowest BCUT2D eigenvalue weighted by Crippen LogP contribution is -2.56. The highest BCUT2D eigenvalue weighted by Crippen LogP contribution is 2.47. The zero-order valence-corrected chi connectivity index (χ0v) is 12.4. The van der Waals surface area contributed by atoms with E-state index in [4.69, 9.17) is 4.74 Å². The Kier molecular flexibility index (Phi) is 5.09. The van der Waals surface area contributed by atoms with Crippen molar-refractivity contribution in [2.24, 2.45) is 17.8 Å². The van der Waals surface area contributed by atoms with E-state index in [-0.39, 0.29) is 30.5 Å². The molecule has 0 radical (unpaired) electrons. The SMILES string of the molecule is C[C@H]1OCCN[C@@H]1C(=O)NCC1CC2CCC1C2.Cl. The van der Waals surface area contributed by atoms with Crippen LogP contribution in [-0.4, -0.2) is 37.7 Å². The maximum absolute atomic E-state index is 12.1. The molecule has 3 unspecified atom stereocenters. The number of hydrogen-bond acceptors (Lipinski definition) is 3. The van der Waals surface area contributed by atoms with Gasteiger partial charge in [0.25, 0.3) is 0 Å². The number of amides is 1. The minimum Gasteiger partial charge on any atom is -0.375 e. The number of fused-ring (bicyclic) bond motifs is 2. The van der Waals surface area contributed by atoms with E-state index in [2.05, 4.69) is 10.6 Å². The largest absolute Gasteiger partial charge is 0.375 e. The molecule has 0 aromatic carbocycles. The second kappa shape index (κ2) is 6.42. The van der Waals surface area contributed by atoms with Gasteiger partial charge in [0.15, 0.2) is 0 Å². The van der Waals surface area contributed by atoms with Gasteiger partial charge in [0.05, 0.1) is 12.7 Å². The van der Waals surface area contributed by atoms with Gasteiger partial charge in [0, 0.05) is 13.1 Å². The summed E-state index contributed by atoms with van der Waals surface area (Å²) < 4.78 is 5.51. The first-order chi connectivity index (χ1) is 8.74. The van der Waals surface area contributed by atoms with E-state index in [1.165, 1.54) is 25.7 Å². The molecule has 2 N–H and O–H groups in total. The minimum atomic E-state index is -0.169. The molecule has 4 nitrogen and oxygen atoms in total. The van der Waals surface area contributed by atoms with Crippen LogP contribution >= 0.6 is 12.4 Å². The number of carbonyl (C=O) groups excluding carboxylic acids is 1. The molecule has 1 aliphatic heterocycles. The van der Waals surface area contributed by atoms with Crippen LogP contribution < -0.4 is 10.6 Å². The average molecular weight is 289 g/mol. The molecule has 1 saturated heterocycles. The van der Waals surface area contributed by atoms with Crippen LogP contribution in [0.25, 0.3) is 0 Å². The van der Waals surface area contributed by atoms with E-state index >= 15 is 0 Å². The van der Waals surface area contributed by atoms with Crippen LogP contribution in [0, 0.1) is 17.8 Å². The van der Waals surface area contributed by atoms with Crippen molar-refractivity contribution in [1.82, 2.24) is 10.6 Å². The van der Waals surface area contributed by atoms with Crippen LogP contribution in [0.2, 0.25) is 0 Å². The van der Waals surface area contributed by atoms with Crippen LogP contribution in [0.15, 0.2) is 0 Å². The number of morpholine rings is 1. The monoisotopic (exact) mass is 288 g/mol. The molecule has 5 atom stereocenters. The summed E-state index contributed by atoms with van der Waals surface area (Å²) in [5.41, 5.74) is 0. The van der Waals surface area contributed by atoms with Gasteiger partial charge in [-0.3, -0.25) is 4.79 Å². The number of ether oxygens (including phenoxy) is 1. The van der Waals surface area contributed by atoms with Crippen molar-refractivity contribution in [1.29, 1.82) is 0 Å². The van der Waals surface area contributed by atoms with Gasteiger partial charge >= 0.3 is 0 Å². The molecule has 1 heterocycles. The van der Waals surface area contributed by atoms with Crippen molar-refractivity contribution in [3.8, 4) is 0 Å². The Morgan fingerprint density at radius 3 is 2.84 bits per heavy atom. The third-order valence-electron chi connectivity index (χ3n) is 5.02. The normalized spacial score (nSPS) is 40.8. The summed E-state index contributed by atoms with van der Waals surface area (Å²) in [7, 11) is 0. The highest BCUT2D eigenvalue weighted by molar-refractivity contribution is 5.85. The molecule has 110 valence electrons. The van der Waals surface area contributed by atoms with E-state index in [0.717, 1.165) is 30.8 Å². The summed E-state index contributed by atoms with van der Waals surface area (Å²) in [5, 5.41) is 6.37. The zero-order chi connectivity index (χ0) is 12.5. The molecular weight excluding hydrogens is 264 g/mol. The Hall–Kier alpha value is -0.320. The van der Waals surface area contributed by atoms with Gasteiger partial charge in [-0.1, -0.05) is 6.42 Å². The van der Waals surface area contributed by atoms with Gasteiger partial charge in [0.2, 0.25) is 5.91 Å². The smallest absolute Gasteiger partial charge is 0.239 e. The van der Waals surface area contributed by atoms with Gasteiger partial charge in [-0.2, -0.15) is 0 Å². The molecule has 0 aromatic rings. The minimum absolute atomic E-state index is 0. The molecule has 0 spiro atoms. The Morgan fingerprint density at radius 1 is 1.37 bits per heavy atom. The van der Waals surface area contributed by atoms with Gasteiger partial charge in [-0.15, -0.1) is 12.4 Å². The molecule has 2 bridgehead atoms. The highest BCUT2D eigenvalue weighted by Gasteiger charge is 2.39. The molecule has 19 heavy (non-hydrogen) atoms. The first-order valence-corrected chi connectivity index (χ1v) is 7.36. The lowest BCUT2D eigenvalue weighted by molar-refractivity contribution is -0.129. The number of halogens is 1. The lowest BCUT2D eigenvalue weighted by atomic mass is 9.89. The Morgan fingerprint density at radius 2 is 2.21 bits per heavy atom. The van der Waals surface area contributed by atoms with Gasteiger partial charge in [-0.05, 0) is 43.9 Å². The number of rotatable bonds is 3.